The minimum absolute atomic E-state index is 0.648. The van der Waals surface area contributed by atoms with Crippen molar-refractivity contribution in [1.82, 2.24) is 4.90 Å². The predicted octanol–water partition coefficient (Wildman–Crippen LogP) is 3.94. The van der Waals surface area contributed by atoms with Crippen LogP contribution in [0.25, 0.3) is 0 Å². The van der Waals surface area contributed by atoms with Crippen LogP contribution in [-0.4, -0.2) is 31.1 Å². The van der Waals surface area contributed by atoms with Gasteiger partial charge in [-0.05, 0) is 68.4 Å². The van der Waals surface area contributed by atoms with E-state index >= 15 is 0 Å². The highest BCUT2D eigenvalue weighted by Gasteiger charge is 2.18. The third-order valence-electron chi connectivity index (χ3n) is 4.40. The fourth-order valence-corrected chi connectivity index (χ4v) is 3.06. The average molecular weight is 325 g/mol. The number of benzene rings is 1. The lowest BCUT2D eigenvalue weighted by molar-refractivity contribution is 0.180. The van der Waals surface area contributed by atoms with Crippen LogP contribution in [0.4, 0.5) is 0 Å². The molecule has 1 fully saturated rings. The summed E-state index contributed by atoms with van der Waals surface area (Å²) < 4.78 is 5.76. The Kier molecular flexibility index (Phi) is 7.00. The summed E-state index contributed by atoms with van der Waals surface area (Å²) in [7, 11) is 0. The Labute approximate surface area is 139 Å². The molecule has 1 heterocycles. The second-order valence-electron chi connectivity index (χ2n) is 6.75. The summed E-state index contributed by atoms with van der Waals surface area (Å²) in [4.78, 5) is 2.48. The minimum Gasteiger partial charge on any atom is -0.492 e. The summed E-state index contributed by atoms with van der Waals surface area (Å²) in [5, 5.41) is 0.720. The summed E-state index contributed by atoms with van der Waals surface area (Å²) in [6.45, 7) is 9.16. The second kappa shape index (κ2) is 8.76. The van der Waals surface area contributed by atoms with E-state index in [1.54, 1.807) is 0 Å². The lowest BCUT2D eigenvalue weighted by Crippen LogP contribution is -2.35. The first-order valence-corrected chi connectivity index (χ1v) is 8.80. The smallest absolute Gasteiger partial charge is 0.137 e. The fraction of sp³-hybridized carbons (Fsp3) is 0.667. The Bertz CT molecular complexity index is 456. The van der Waals surface area contributed by atoms with Crippen LogP contribution in [-0.2, 0) is 6.54 Å². The number of hydrogen-bond acceptors (Lipinski definition) is 3. The summed E-state index contributed by atoms with van der Waals surface area (Å²) >= 11 is 6.35. The van der Waals surface area contributed by atoms with Gasteiger partial charge in [0.2, 0.25) is 0 Å². The molecule has 2 rings (SSSR count). The van der Waals surface area contributed by atoms with Gasteiger partial charge in [-0.15, -0.1) is 0 Å². The third-order valence-corrected chi connectivity index (χ3v) is 4.69. The summed E-state index contributed by atoms with van der Waals surface area (Å²) in [6, 6.07) is 6.18. The zero-order valence-corrected chi connectivity index (χ0v) is 14.6. The van der Waals surface area contributed by atoms with E-state index in [1.165, 1.54) is 18.4 Å². The Morgan fingerprint density at radius 2 is 2.05 bits per heavy atom. The molecule has 0 bridgehead atoms. The summed E-state index contributed by atoms with van der Waals surface area (Å²) in [6.07, 6.45) is 3.47. The van der Waals surface area contributed by atoms with Crippen LogP contribution in [0.5, 0.6) is 5.75 Å². The molecule has 4 heteroatoms. The molecule has 0 aromatic heterocycles. The van der Waals surface area contributed by atoms with Crippen molar-refractivity contribution < 1.29 is 4.74 Å². The van der Waals surface area contributed by atoms with Gasteiger partial charge >= 0.3 is 0 Å². The van der Waals surface area contributed by atoms with Crippen LogP contribution in [0.3, 0.4) is 0 Å². The molecule has 0 amide bonds. The van der Waals surface area contributed by atoms with Crippen molar-refractivity contribution in [2.45, 2.75) is 39.7 Å². The minimum atomic E-state index is 0.648. The average Bonchev–Trinajstić information content (AvgIpc) is 2.50. The monoisotopic (exact) mass is 324 g/mol. The standard InChI is InChI=1S/C18H29ClN2O/c1-14(2)7-10-22-18-4-3-16(11-17(18)19)13-21-8-5-15(12-20)6-9-21/h3-4,11,14-15H,5-10,12-13,20H2,1-2H3. The molecule has 1 aromatic rings. The van der Waals surface area contributed by atoms with E-state index in [4.69, 9.17) is 22.1 Å². The molecule has 124 valence electrons. The van der Waals surface area contributed by atoms with Gasteiger partial charge in [0.25, 0.3) is 0 Å². The van der Waals surface area contributed by atoms with Crippen molar-refractivity contribution >= 4 is 11.6 Å². The van der Waals surface area contributed by atoms with E-state index in [9.17, 15) is 0 Å². The highest BCUT2D eigenvalue weighted by atomic mass is 35.5. The Hall–Kier alpha value is -0.770. The first-order valence-electron chi connectivity index (χ1n) is 8.42. The quantitative estimate of drug-likeness (QED) is 0.825. The molecule has 0 saturated carbocycles. The van der Waals surface area contributed by atoms with Gasteiger partial charge in [-0.3, -0.25) is 4.90 Å². The first-order chi connectivity index (χ1) is 10.6. The topological polar surface area (TPSA) is 38.5 Å². The van der Waals surface area contributed by atoms with Crippen molar-refractivity contribution in [3.8, 4) is 5.75 Å². The molecule has 1 saturated heterocycles. The van der Waals surface area contributed by atoms with Crippen LogP contribution in [0.2, 0.25) is 5.02 Å². The number of nitrogens with zero attached hydrogens (tertiary/aromatic N) is 1. The van der Waals surface area contributed by atoms with Crippen LogP contribution in [0.1, 0.15) is 38.7 Å². The molecule has 0 spiro atoms. The van der Waals surface area contributed by atoms with Gasteiger partial charge in [0.15, 0.2) is 0 Å². The highest BCUT2D eigenvalue weighted by Crippen LogP contribution is 2.27. The molecule has 1 aromatic carbocycles. The Balaban J connectivity index is 1.84. The summed E-state index contributed by atoms with van der Waals surface area (Å²) in [5.74, 6) is 2.15. The number of ether oxygens (including phenoxy) is 1. The van der Waals surface area contributed by atoms with Crippen LogP contribution < -0.4 is 10.5 Å². The zero-order valence-electron chi connectivity index (χ0n) is 13.9. The third kappa shape index (κ3) is 5.45. The van der Waals surface area contributed by atoms with E-state index in [2.05, 4.69) is 24.8 Å². The van der Waals surface area contributed by atoms with E-state index < -0.39 is 0 Å². The maximum atomic E-state index is 6.35. The molecule has 22 heavy (non-hydrogen) atoms. The molecule has 0 aliphatic carbocycles. The Morgan fingerprint density at radius 1 is 1.32 bits per heavy atom. The number of likely N-dealkylation sites (tertiary alicyclic amines) is 1. The van der Waals surface area contributed by atoms with Gasteiger partial charge in [0.1, 0.15) is 5.75 Å². The highest BCUT2D eigenvalue weighted by molar-refractivity contribution is 6.32. The van der Waals surface area contributed by atoms with Crippen molar-refractivity contribution in [2.75, 3.05) is 26.2 Å². The number of nitrogens with two attached hydrogens (primary N) is 1. The number of halogens is 1. The van der Waals surface area contributed by atoms with Gasteiger partial charge in [-0.1, -0.05) is 31.5 Å². The zero-order chi connectivity index (χ0) is 15.9. The molecular weight excluding hydrogens is 296 g/mol. The molecular formula is C18H29ClN2O. The van der Waals surface area contributed by atoms with Gasteiger partial charge in [-0.2, -0.15) is 0 Å². The van der Waals surface area contributed by atoms with E-state index in [0.29, 0.717) is 11.8 Å². The number of piperidine rings is 1. The summed E-state index contributed by atoms with van der Waals surface area (Å²) in [5.41, 5.74) is 7.00. The van der Waals surface area contributed by atoms with E-state index in [0.717, 1.165) is 50.0 Å². The normalized spacial score (nSPS) is 17.1. The predicted molar refractivity (Wildman–Crippen MR) is 93.5 cm³/mol. The molecule has 0 unspecified atom stereocenters. The van der Waals surface area contributed by atoms with Crippen LogP contribution in [0, 0.1) is 11.8 Å². The van der Waals surface area contributed by atoms with Crippen molar-refractivity contribution in [1.29, 1.82) is 0 Å². The van der Waals surface area contributed by atoms with Crippen LogP contribution >= 0.6 is 11.6 Å². The van der Waals surface area contributed by atoms with Crippen molar-refractivity contribution in [2.24, 2.45) is 17.6 Å². The van der Waals surface area contributed by atoms with Gasteiger partial charge in [0.05, 0.1) is 11.6 Å². The van der Waals surface area contributed by atoms with E-state index in [-0.39, 0.29) is 0 Å². The van der Waals surface area contributed by atoms with Crippen molar-refractivity contribution in [3.63, 3.8) is 0 Å². The number of hydrogen-bond donors (Lipinski definition) is 1. The molecule has 2 N–H and O–H groups in total. The fourth-order valence-electron chi connectivity index (χ4n) is 2.80. The van der Waals surface area contributed by atoms with E-state index in [1.807, 2.05) is 12.1 Å². The largest absolute Gasteiger partial charge is 0.492 e. The second-order valence-corrected chi connectivity index (χ2v) is 7.16. The molecule has 1 aliphatic heterocycles. The maximum Gasteiger partial charge on any atom is 0.137 e. The maximum absolute atomic E-state index is 6.35. The van der Waals surface area contributed by atoms with Gasteiger partial charge in [-0.25, -0.2) is 0 Å². The molecule has 0 radical (unpaired) electrons. The molecule has 3 nitrogen and oxygen atoms in total. The molecule has 1 aliphatic rings. The van der Waals surface area contributed by atoms with Crippen LogP contribution in [0.15, 0.2) is 18.2 Å². The first kappa shape index (κ1) is 17.6. The van der Waals surface area contributed by atoms with Gasteiger partial charge < -0.3 is 10.5 Å². The lowest BCUT2D eigenvalue weighted by Gasteiger charge is -2.31. The Morgan fingerprint density at radius 3 is 2.64 bits per heavy atom. The lowest BCUT2D eigenvalue weighted by atomic mass is 9.97. The van der Waals surface area contributed by atoms with Gasteiger partial charge in [0, 0.05) is 6.54 Å². The molecule has 0 atom stereocenters. The van der Waals surface area contributed by atoms with Crippen molar-refractivity contribution in [3.05, 3.63) is 28.8 Å². The number of rotatable bonds is 7. The SMILES string of the molecule is CC(C)CCOc1ccc(CN2CCC(CN)CC2)cc1Cl.